The fraction of sp³-hybridized carbons (Fsp3) is 0.538. The summed E-state index contributed by atoms with van der Waals surface area (Å²) in [5.41, 5.74) is 7.06. The van der Waals surface area contributed by atoms with Gasteiger partial charge in [0.2, 0.25) is 0 Å². The number of unbranched alkanes of at least 4 members (excludes halogenated alkanes) is 1. The van der Waals surface area contributed by atoms with Crippen LogP contribution in [0.4, 0.5) is 0 Å². The van der Waals surface area contributed by atoms with Crippen molar-refractivity contribution in [2.45, 2.75) is 44.0 Å². The van der Waals surface area contributed by atoms with Crippen LogP contribution >= 0.6 is 23.4 Å². The maximum atomic E-state index is 6.22. The van der Waals surface area contributed by atoms with E-state index in [1.807, 2.05) is 30.8 Å². The molecule has 1 unspecified atom stereocenters. The fourth-order valence-corrected chi connectivity index (χ4v) is 3.02. The van der Waals surface area contributed by atoms with Crippen LogP contribution in [0.15, 0.2) is 23.1 Å². The van der Waals surface area contributed by atoms with E-state index in [4.69, 9.17) is 17.3 Å². The zero-order chi connectivity index (χ0) is 12.0. The number of thioether (sulfide) groups is 1. The third-order valence-corrected chi connectivity index (χ3v) is 3.90. The average Bonchev–Trinajstić information content (AvgIpc) is 2.23. The highest BCUT2D eigenvalue weighted by Crippen LogP contribution is 2.30. The van der Waals surface area contributed by atoms with Gasteiger partial charge in [-0.3, -0.25) is 0 Å². The zero-order valence-electron chi connectivity index (χ0n) is 10.0. The van der Waals surface area contributed by atoms with Crippen LogP contribution in [-0.4, -0.2) is 11.8 Å². The van der Waals surface area contributed by atoms with Crippen LogP contribution in [0, 0.1) is 0 Å². The maximum Gasteiger partial charge on any atom is 0.0449 e. The Hall–Kier alpha value is -0.180. The number of halogens is 1. The van der Waals surface area contributed by atoms with Gasteiger partial charge in [-0.05, 0) is 43.2 Å². The molecule has 16 heavy (non-hydrogen) atoms. The second kappa shape index (κ2) is 7.21. The average molecular weight is 258 g/mol. The van der Waals surface area contributed by atoms with Crippen LogP contribution in [-0.2, 0) is 6.42 Å². The lowest BCUT2D eigenvalue weighted by Crippen LogP contribution is -2.18. The molecule has 1 aromatic rings. The van der Waals surface area contributed by atoms with E-state index in [0.717, 1.165) is 17.2 Å². The van der Waals surface area contributed by atoms with Crippen LogP contribution in [0.1, 0.15) is 32.3 Å². The van der Waals surface area contributed by atoms with Gasteiger partial charge in [0.1, 0.15) is 0 Å². The van der Waals surface area contributed by atoms with Gasteiger partial charge < -0.3 is 5.73 Å². The van der Waals surface area contributed by atoms with Crippen molar-refractivity contribution in [1.29, 1.82) is 0 Å². The van der Waals surface area contributed by atoms with E-state index in [1.54, 1.807) is 0 Å². The number of rotatable bonds is 6. The van der Waals surface area contributed by atoms with Crippen LogP contribution in [0.25, 0.3) is 0 Å². The molecule has 1 aromatic carbocycles. The Labute approximate surface area is 108 Å². The first-order chi connectivity index (χ1) is 7.65. The van der Waals surface area contributed by atoms with Crippen molar-refractivity contribution in [3.63, 3.8) is 0 Å². The minimum Gasteiger partial charge on any atom is -0.328 e. The summed E-state index contributed by atoms with van der Waals surface area (Å²) < 4.78 is 0. The van der Waals surface area contributed by atoms with E-state index >= 15 is 0 Å². The van der Waals surface area contributed by atoms with Gasteiger partial charge in [0, 0.05) is 16.0 Å². The van der Waals surface area contributed by atoms with Crippen LogP contribution in [0.2, 0.25) is 5.02 Å². The topological polar surface area (TPSA) is 26.0 Å². The molecule has 0 saturated carbocycles. The summed E-state index contributed by atoms with van der Waals surface area (Å²) >= 11 is 8.11. The largest absolute Gasteiger partial charge is 0.328 e. The third kappa shape index (κ3) is 4.36. The van der Waals surface area contributed by atoms with Crippen molar-refractivity contribution in [2.24, 2.45) is 5.73 Å². The molecular weight excluding hydrogens is 238 g/mol. The molecule has 1 atom stereocenters. The Kier molecular flexibility index (Phi) is 6.25. The van der Waals surface area contributed by atoms with Crippen molar-refractivity contribution in [1.82, 2.24) is 0 Å². The lowest BCUT2D eigenvalue weighted by atomic mass is 10.1. The highest BCUT2D eigenvalue weighted by atomic mass is 35.5. The van der Waals surface area contributed by atoms with Crippen molar-refractivity contribution >= 4 is 23.4 Å². The zero-order valence-corrected chi connectivity index (χ0v) is 11.6. The first kappa shape index (κ1) is 13.9. The van der Waals surface area contributed by atoms with Crippen LogP contribution in [0.3, 0.4) is 0 Å². The predicted octanol–water partition coefficient (Wildman–Crippen LogP) is 4.12. The summed E-state index contributed by atoms with van der Waals surface area (Å²) in [6.07, 6.45) is 3.33. The summed E-state index contributed by atoms with van der Waals surface area (Å²) in [6, 6.07) is 6.26. The Morgan fingerprint density at radius 1 is 1.44 bits per heavy atom. The SMILES string of the molecule is CCCCSc1cccc(Cl)c1CC(C)N. The molecule has 0 saturated heterocycles. The van der Waals surface area contributed by atoms with Gasteiger partial charge in [0.25, 0.3) is 0 Å². The lowest BCUT2D eigenvalue weighted by molar-refractivity contribution is 0.729. The van der Waals surface area contributed by atoms with Gasteiger partial charge in [-0.2, -0.15) is 0 Å². The molecule has 0 aliphatic carbocycles. The number of benzene rings is 1. The first-order valence-corrected chi connectivity index (χ1v) is 7.17. The van der Waals surface area contributed by atoms with Gasteiger partial charge in [-0.1, -0.05) is 31.0 Å². The summed E-state index contributed by atoms with van der Waals surface area (Å²) in [6.45, 7) is 4.23. The molecule has 0 amide bonds. The Bertz CT molecular complexity index is 326. The highest BCUT2D eigenvalue weighted by molar-refractivity contribution is 7.99. The summed E-state index contributed by atoms with van der Waals surface area (Å²) in [4.78, 5) is 1.29. The third-order valence-electron chi connectivity index (χ3n) is 2.36. The molecule has 0 radical (unpaired) electrons. The summed E-state index contributed by atoms with van der Waals surface area (Å²) in [7, 11) is 0. The van der Waals surface area contributed by atoms with Crippen molar-refractivity contribution in [3.8, 4) is 0 Å². The van der Waals surface area contributed by atoms with E-state index in [9.17, 15) is 0 Å². The van der Waals surface area contributed by atoms with Crippen molar-refractivity contribution in [3.05, 3.63) is 28.8 Å². The second-order valence-corrected chi connectivity index (χ2v) is 5.64. The van der Waals surface area contributed by atoms with Gasteiger partial charge in [0.05, 0.1) is 0 Å². The smallest absolute Gasteiger partial charge is 0.0449 e. The Morgan fingerprint density at radius 2 is 2.19 bits per heavy atom. The second-order valence-electron chi connectivity index (χ2n) is 4.10. The first-order valence-electron chi connectivity index (χ1n) is 5.81. The van der Waals surface area contributed by atoms with E-state index in [0.29, 0.717) is 0 Å². The van der Waals surface area contributed by atoms with Gasteiger partial charge in [0.15, 0.2) is 0 Å². The molecular formula is C13H20ClNS. The molecule has 0 aromatic heterocycles. The molecule has 0 bridgehead atoms. The van der Waals surface area contributed by atoms with Gasteiger partial charge in [-0.15, -0.1) is 11.8 Å². The quantitative estimate of drug-likeness (QED) is 0.613. The van der Waals surface area contributed by atoms with Gasteiger partial charge in [-0.25, -0.2) is 0 Å². The van der Waals surface area contributed by atoms with Crippen molar-refractivity contribution < 1.29 is 0 Å². The normalized spacial score (nSPS) is 12.8. The minimum absolute atomic E-state index is 0.158. The molecule has 0 spiro atoms. The Morgan fingerprint density at radius 3 is 2.81 bits per heavy atom. The molecule has 3 heteroatoms. The van der Waals surface area contributed by atoms with E-state index < -0.39 is 0 Å². The molecule has 1 nitrogen and oxygen atoms in total. The van der Waals surface area contributed by atoms with E-state index in [2.05, 4.69) is 13.0 Å². The van der Waals surface area contributed by atoms with Gasteiger partial charge >= 0.3 is 0 Å². The number of nitrogens with two attached hydrogens (primary N) is 1. The summed E-state index contributed by atoms with van der Waals surface area (Å²) in [5.74, 6) is 1.16. The van der Waals surface area contributed by atoms with Crippen LogP contribution in [0.5, 0.6) is 0 Å². The maximum absolute atomic E-state index is 6.22. The van der Waals surface area contributed by atoms with Crippen LogP contribution < -0.4 is 5.73 Å². The lowest BCUT2D eigenvalue weighted by Gasteiger charge is -2.12. The predicted molar refractivity (Wildman–Crippen MR) is 74.4 cm³/mol. The van der Waals surface area contributed by atoms with E-state index in [-0.39, 0.29) is 6.04 Å². The molecule has 90 valence electrons. The minimum atomic E-state index is 0.158. The standard InChI is InChI=1S/C13H20ClNS/c1-3-4-8-16-13-7-5-6-12(14)11(13)9-10(2)15/h5-7,10H,3-4,8-9,15H2,1-2H3. The molecule has 1 rings (SSSR count). The fourth-order valence-electron chi connectivity index (χ4n) is 1.52. The number of hydrogen-bond acceptors (Lipinski definition) is 2. The molecule has 0 aliphatic heterocycles. The molecule has 0 fully saturated rings. The number of hydrogen-bond donors (Lipinski definition) is 1. The summed E-state index contributed by atoms with van der Waals surface area (Å²) in [5, 5.41) is 0.846. The molecule has 0 aliphatic rings. The Balaban J connectivity index is 2.76. The monoisotopic (exact) mass is 257 g/mol. The molecule has 0 heterocycles. The van der Waals surface area contributed by atoms with Crippen molar-refractivity contribution in [2.75, 3.05) is 5.75 Å². The molecule has 2 N–H and O–H groups in total. The highest BCUT2D eigenvalue weighted by Gasteiger charge is 2.09. The van der Waals surface area contributed by atoms with E-state index in [1.165, 1.54) is 23.3 Å².